The average Bonchev–Trinajstić information content (AvgIpc) is 2.69. The minimum absolute atomic E-state index is 0.244. The molecule has 0 aliphatic rings. The van der Waals surface area contributed by atoms with Gasteiger partial charge in [-0.15, -0.1) is 10.2 Å². The second kappa shape index (κ2) is 8.31. The molecule has 2 N–H and O–H groups in total. The molecule has 0 aliphatic carbocycles. The van der Waals surface area contributed by atoms with Crippen LogP contribution >= 0.6 is 0 Å². The molecule has 2 aromatic carbocycles. The Morgan fingerprint density at radius 2 is 1.70 bits per heavy atom. The molecule has 0 spiro atoms. The number of rotatable bonds is 6. The first-order valence-electron chi connectivity index (χ1n) is 8.72. The molecule has 1 aromatic heterocycles. The van der Waals surface area contributed by atoms with Crippen molar-refractivity contribution in [3.63, 3.8) is 0 Å². The van der Waals surface area contributed by atoms with Crippen LogP contribution in [-0.4, -0.2) is 23.2 Å². The van der Waals surface area contributed by atoms with Gasteiger partial charge in [0.05, 0.1) is 7.11 Å². The largest absolute Gasteiger partial charge is 0.497 e. The van der Waals surface area contributed by atoms with Gasteiger partial charge in [-0.25, -0.2) is 0 Å². The van der Waals surface area contributed by atoms with Gasteiger partial charge in [-0.2, -0.15) is 0 Å². The Morgan fingerprint density at radius 3 is 2.33 bits per heavy atom. The van der Waals surface area contributed by atoms with E-state index < -0.39 is 0 Å². The van der Waals surface area contributed by atoms with E-state index >= 15 is 0 Å². The van der Waals surface area contributed by atoms with Gasteiger partial charge in [-0.1, -0.05) is 32.0 Å². The lowest BCUT2D eigenvalue weighted by atomic mass is 10.0. The number of amides is 1. The van der Waals surface area contributed by atoms with Gasteiger partial charge in [0.1, 0.15) is 5.75 Å². The second-order valence-electron chi connectivity index (χ2n) is 6.35. The van der Waals surface area contributed by atoms with Crippen LogP contribution < -0.4 is 15.4 Å². The van der Waals surface area contributed by atoms with Crippen molar-refractivity contribution in [2.45, 2.75) is 19.8 Å². The Morgan fingerprint density at radius 1 is 0.963 bits per heavy atom. The van der Waals surface area contributed by atoms with E-state index in [0.29, 0.717) is 17.4 Å². The molecule has 0 saturated heterocycles. The molecule has 6 nitrogen and oxygen atoms in total. The molecule has 1 heterocycles. The monoisotopic (exact) mass is 362 g/mol. The number of carbonyl (C=O) groups is 1. The highest BCUT2D eigenvalue weighted by molar-refractivity contribution is 6.02. The SMILES string of the molecule is COc1ccc(NC(=O)c2ccc(Nc3ccccc3C(C)C)nn2)cc1. The van der Waals surface area contributed by atoms with Crippen LogP contribution in [0.5, 0.6) is 5.75 Å². The standard InChI is InChI=1S/C21H22N4O2/c1-14(2)17-6-4-5-7-18(17)23-20-13-12-19(24-25-20)21(26)22-15-8-10-16(27-3)11-9-15/h4-14H,1-3H3,(H,22,26)(H,23,25). The van der Waals surface area contributed by atoms with Gasteiger partial charge < -0.3 is 15.4 Å². The summed E-state index contributed by atoms with van der Waals surface area (Å²) in [6, 6.07) is 18.5. The number of ether oxygens (including phenoxy) is 1. The molecule has 138 valence electrons. The van der Waals surface area contributed by atoms with Crippen LogP contribution in [0.2, 0.25) is 0 Å². The predicted molar refractivity (Wildman–Crippen MR) is 107 cm³/mol. The molecule has 6 heteroatoms. The fourth-order valence-corrected chi connectivity index (χ4v) is 2.64. The van der Waals surface area contributed by atoms with Gasteiger partial charge in [0.2, 0.25) is 0 Å². The smallest absolute Gasteiger partial charge is 0.276 e. The summed E-state index contributed by atoms with van der Waals surface area (Å²) in [7, 11) is 1.60. The van der Waals surface area contributed by atoms with E-state index in [0.717, 1.165) is 11.4 Å². The van der Waals surface area contributed by atoms with E-state index in [9.17, 15) is 4.79 Å². The maximum atomic E-state index is 12.3. The lowest BCUT2D eigenvalue weighted by molar-refractivity contribution is 0.102. The number of carbonyl (C=O) groups excluding carboxylic acids is 1. The normalized spacial score (nSPS) is 10.5. The van der Waals surface area contributed by atoms with Gasteiger partial charge in [-0.05, 0) is 53.9 Å². The van der Waals surface area contributed by atoms with Gasteiger partial charge in [0.25, 0.3) is 5.91 Å². The molecule has 27 heavy (non-hydrogen) atoms. The number of nitrogens with one attached hydrogen (secondary N) is 2. The number of hydrogen-bond donors (Lipinski definition) is 2. The van der Waals surface area contributed by atoms with Crippen LogP contribution in [0.3, 0.4) is 0 Å². The summed E-state index contributed by atoms with van der Waals surface area (Å²) < 4.78 is 5.10. The lowest BCUT2D eigenvalue weighted by Crippen LogP contribution is -2.14. The molecule has 0 saturated carbocycles. The fraction of sp³-hybridized carbons (Fsp3) is 0.190. The van der Waals surface area contributed by atoms with Crippen molar-refractivity contribution in [1.29, 1.82) is 0 Å². The zero-order chi connectivity index (χ0) is 19.2. The van der Waals surface area contributed by atoms with E-state index in [-0.39, 0.29) is 11.6 Å². The Balaban J connectivity index is 1.68. The summed E-state index contributed by atoms with van der Waals surface area (Å²) in [5.74, 6) is 1.38. The molecular weight excluding hydrogens is 340 g/mol. The molecule has 0 unspecified atom stereocenters. The molecule has 0 radical (unpaired) electrons. The van der Waals surface area contributed by atoms with E-state index in [1.165, 1.54) is 5.56 Å². The molecule has 0 aliphatic heterocycles. The van der Waals surface area contributed by atoms with Crippen molar-refractivity contribution in [3.05, 3.63) is 71.9 Å². The minimum atomic E-state index is -0.318. The zero-order valence-electron chi connectivity index (χ0n) is 15.6. The molecule has 1 amide bonds. The third kappa shape index (κ3) is 4.61. The van der Waals surface area contributed by atoms with E-state index in [1.54, 1.807) is 43.5 Å². The third-order valence-electron chi connectivity index (χ3n) is 4.09. The molecule has 3 rings (SSSR count). The maximum Gasteiger partial charge on any atom is 0.276 e. The van der Waals surface area contributed by atoms with Crippen molar-refractivity contribution in [2.24, 2.45) is 0 Å². The van der Waals surface area contributed by atoms with E-state index in [1.807, 2.05) is 18.2 Å². The van der Waals surface area contributed by atoms with Crippen molar-refractivity contribution in [3.8, 4) is 5.75 Å². The van der Waals surface area contributed by atoms with Crippen molar-refractivity contribution in [2.75, 3.05) is 17.7 Å². The van der Waals surface area contributed by atoms with Gasteiger partial charge >= 0.3 is 0 Å². The Bertz CT molecular complexity index is 906. The number of benzene rings is 2. The molecule has 3 aromatic rings. The zero-order valence-corrected chi connectivity index (χ0v) is 15.6. The summed E-state index contributed by atoms with van der Waals surface area (Å²) in [5.41, 5.74) is 3.09. The fourth-order valence-electron chi connectivity index (χ4n) is 2.64. The van der Waals surface area contributed by atoms with E-state index in [2.05, 4.69) is 40.7 Å². The highest BCUT2D eigenvalue weighted by Crippen LogP contribution is 2.26. The summed E-state index contributed by atoms with van der Waals surface area (Å²) in [6.07, 6.45) is 0. The molecular formula is C21H22N4O2. The summed E-state index contributed by atoms with van der Waals surface area (Å²) in [6.45, 7) is 4.28. The topological polar surface area (TPSA) is 76.1 Å². The molecule has 0 bridgehead atoms. The number of para-hydroxylation sites is 1. The van der Waals surface area contributed by atoms with Crippen LogP contribution in [0.25, 0.3) is 0 Å². The molecule has 0 fully saturated rings. The second-order valence-corrected chi connectivity index (χ2v) is 6.35. The Labute approximate surface area is 158 Å². The number of nitrogens with zero attached hydrogens (tertiary/aromatic N) is 2. The summed E-state index contributed by atoms with van der Waals surface area (Å²) in [5, 5.41) is 14.2. The summed E-state index contributed by atoms with van der Waals surface area (Å²) >= 11 is 0. The average molecular weight is 362 g/mol. The van der Waals surface area contributed by atoms with Crippen LogP contribution in [0.4, 0.5) is 17.2 Å². The highest BCUT2D eigenvalue weighted by atomic mass is 16.5. The van der Waals surface area contributed by atoms with Crippen LogP contribution in [0, 0.1) is 0 Å². The first kappa shape index (κ1) is 18.4. The van der Waals surface area contributed by atoms with Crippen molar-refractivity contribution < 1.29 is 9.53 Å². The van der Waals surface area contributed by atoms with Crippen LogP contribution in [0.1, 0.15) is 35.8 Å². The van der Waals surface area contributed by atoms with Gasteiger partial charge in [-0.3, -0.25) is 4.79 Å². The number of methoxy groups -OCH3 is 1. The quantitative estimate of drug-likeness (QED) is 0.670. The minimum Gasteiger partial charge on any atom is -0.497 e. The predicted octanol–water partition coefficient (Wildman–Crippen LogP) is 4.60. The number of hydrogen-bond acceptors (Lipinski definition) is 5. The van der Waals surface area contributed by atoms with Crippen molar-refractivity contribution in [1.82, 2.24) is 10.2 Å². The highest BCUT2D eigenvalue weighted by Gasteiger charge is 2.10. The number of aromatic nitrogens is 2. The van der Waals surface area contributed by atoms with Crippen LogP contribution in [-0.2, 0) is 0 Å². The van der Waals surface area contributed by atoms with Crippen LogP contribution in [0.15, 0.2) is 60.7 Å². The lowest BCUT2D eigenvalue weighted by Gasteiger charge is -2.13. The van der Waals surface area contributed by atoms with Gasteiger partial charge in [0, 0.05) is 11.4 Å². The van der Waals surface area contributed by atoms with Gasteiger partial charge in [0.15, 0.2) is 11.5 Å². The van der Waals surface area contributed by atoms with Crippen molar-refractivity contribution >= 4 is 23.1 Å². The maximum absolute atomic E-state index is 12.3. The Hall–Kier alpha value is -3.41. The third-order valence-corrected chi connectivity index (χ3v) is 4.09. The summed E-state index contributed by atoms with van der Waals surface area (Å²) in [4.78, 5) is 12.3. The first-order valence-corrected chi connectivity index (χ1v) is 8.72. The molecule has 0 atom stereocenters. The number of anilines is 3. The van der Waals surface area contributed by atoms with E-state index in [4.69, 9.17) is 4.74 Å². The Kier molecular flexibility index (Phi) is 5.66. The first-order chi connectivity index (χ1) is 13.1.